The van der Waals surface area contributed by atoms with Crippen LogP contribution < -0.4 is 10.6 Å². The number of hydrogen-bond acceptors (Lipinski definition) is 2. The predicted molar refractivity (Wildman–Crippen MR) is 128 cm³/mol. The molecule has 168 valence electrons. The Kier molecular flexibility index (Phi) is 6.70. The van der Waals surface area contributed by atoms with E-state index in [9.17, 15) is 13.6 Å². The number of para-hydroxylation sites is 1. The lowest BCUT2D eigenvalue weighted by Crippen LogP contribution is -2.36. The molecule has 0 saturated carbocycles. The summed E-state index contributed by atoms with van der Waals surface area (Å²) in [5.41, 5.74) is 3.16. The van der Waals surface area contributed by atoms with E-state index in [0.717, 1.165) is 16.5 Å². The Hall–Kier alpha value is -3.71. The molecule has 0 radical (unpaired) electrons. The number of nitrogens with one attached hydrogen (secondary N) is 3. The zero-order chi connectivity index (χ0) is 23.4. The van der Waals surface area contributed by atoms with Crippen LogP contribution in [0.3, 0.4) is 0 Å². The number of nitrogens with zero attached hydrogens (tertiary/aromatic N) is 1. The van der Waals surface area contributed by atoms with E-state index in [0.29, 0.717) is 24.2 Å². The van der Waals surface area contributed by atoms with Gasteiger partial charge in [-0.05, 0) is 60.9 Å². The Labute approximate surface area is 194 Å². The topological polar surface area (TPSA) is 69.3 Å². The molecule has 0 saturated heterocycles. The Morgan fingerprint density at radius 2 is 1.88 bits per heavy atom. The number of aromatic amines is 1. The zero-order valence-corrected chi connectivity index (χ0v) is 18.5. The van der Waals surface area contributed by atoms with Gasteiger partial charge in [-0.2, -0.15) is 0 Å². The minimum absolute atomic E-state index is 0.0647. The molecule has 1 amide bonds. The lowest BCUT2D eigenvalue weighted by molar-refractivity contribution is 0.0976. The number of fused-ring (bicyclic) bond motifs is 1. The van der Waals surface area contributed by atoms with E-state index in [4.69, 9.17) is 11.6 Å². The number of hydrogen-bond donors (Lipinski definition) is 3. The maximum absolute atomic E-state index is 13.9. The Balaban J connectivity index is 1.54. The second-order valence-electron chi connectivity index (χ2n) is 7.51. The third kappa shape index (κ3) is 5.38. The van der Waals surface area contributed by atoms with Gasteiger partial charge in [0.15, 0.2) is 0 Å². The van der Waals surface area contributed by atoms with Crippen molar-refractivity contribution in [1.29, 1.82) is 0 Å². The third-order valence-corrected chi connectivity index (χ3v) is 5.46. The number of H-pyrrole nitrogens is 1. The van der Waals surface area contributed by atoms with Crippen molar-refractivity contribution >= 4 is 40.1 Å². The van der Waals surface area contributed by atoms with Crippen LogP contribution in [0, 0.1) is 18.6 Å². The lowest BCUT2D eigenvalue weighted by atomic mass is 10.1. The van der Waals surface area contributed by atoms with Gasteiger partial charge in [-0.1, -0.05) is 35.9 Å². The number of carbonyl (C=O) groups is 1. The normalized spacial score (nSPS) is 11.6. The third-order valence-electron chi connectivity index (χ3n) is 5.17. The van der Waals surface area contributed by atoms with Gasteiger partial charge in [-0.25, -0.2) is 8.78 Å². The number of amides is 1. The highest BCUT2D eigenvalue weighted by molar-refractivity contribution is 6.31. The molecule has 0 bridgehead atoms. The molecule has 0 atom stereocenters. The second kappa shape index (κ2) is 9.83. The van der Waals surface area contributed by atoms with E-state index in [1.54, 1.807) is 6.92 Å². The fraction of sp³-hybridized carbons (Fsp3) is 0.120. The van der Waals surface area contributed by atoms with Crippen molar-refractivity contribution in [3.8, 4) is 0 Å². The highest BCUT2D eigenvalue weighted by Gasteiger charge is 2.12. The summed E-state index contributed by atoms with van der Waals surface area (Å²) in [7, 11) is 0. The molecule has 1 heterocycles. The first kappa shape index (κ1) is 22.5. The van der Waals surface area contributed by atoms with E-state index in [1.807, 2.05) is 30.5 Å². The number of aromatic nitrogens is 1. The highest BCUT2D eigenvalue weighted by Crippen LogP contribution is 2.20. The Bertz CT molecular complexity index is 1350. The molecular formula is C25H21ClF2N4O. The van der Waals surface area contributed by atoms with E-state index in [-0.39, 0.29) is 16.5 Å². The van der Waals surface area contributed by atoms with E-state index in [2.05, 4.69) is 20.6 Å². The smallest absolute Gasteiger partial charge is 0.258 e. The molecule has 0 fully saturated rings. The summed E-state index contributed by atoms with van der Waals surface area (Å²) < 4.78 is 27.4. The first-order valence-corrected chi connectivity index (χ1v) is 10.7. The van der Waals surface area contributed by atoms with Crippen LogP contribution in [0.1, 0.15) is 21.5 Å². The molecule has 3 N–H and O–H groups in total. The number of carbonyl (C=O) groups excluding carboxylic acids is 1. The first-order chi connectivity index (χ1) is 15.9. The van der Waals surface area contributed by atoms with Gasteiger partial charge < -0.3 is 10.3 Å². The fourth-order valence-electron chi connectivity index (χ4n) is 3.36. The van der Waals surface area contributed by atoms with Crippen LogP contribution in [-0.4, -0.2) is 23.4 Å². The molecule has 0 aliphatic carbocycles. The lowest BCUT2D eigenvalue weighted by Gasteiger charge is -2.13. The molecule has 0 aliphatic heterocycles. The van der Waals surface area contributed by atoms with Crippen molar-refractivity contribution < 1.29 is 13.6 Å². The van der Waals surface area contributed by atoms with Crippen molar-refractivity contribution in [3.05, 3.63) is 100 Å². The minimum Gasteiger partial charge on any atom is -0.361 e. The van der Waals surface area contributed by atoms with Crippen LogP contribution in [0.5, 0.6) is 0 Å². The molecule has 1 aromatic heterocycles. The van der Waals surface area contributed by atoms with Crippen LogP contribution in [-0.2, 0) is 6.42 Å². The number of benzene rings is 3. The Morgan fingerprint density at radius 1 is 1.06 bits per heavy atom. The van der Waals surface area contributed by atoms with Crippen LogP contribution in [0.15, 0.2) is 71.9 Å². The summed E-state index contributed by atoms with van der Waals surface area (Å²) in [5.74, 6) is -1.41. The summed E-state index contributed by atoms with van der Waals surface area (Å²) in [6.45, 7) is 1.98. The molecule has 5 nitrogen and oxygen atoms in total. The van der Waals surface area contributed by atoms with Gasteiger partial charge in [0, 0.05) is 34.9 Å². The van der Waals surface area contributed by atoms with Crippen LogP contribution >= 0.6 is 11.6 Å². The van der Waals surface area contributed by atoms with Crippen molar-refractivity contribution in [2.24, 2.45) is 4.99 Å². The van der Waals surface area contributed by atoms with Crippen LogP contribution in [0.4, 0.5) is 14.5 Å². The summed E-state index contributed by atoms with van der Waals surface area (Å²) in [5, 5.41) is 6.66. The molecule has 33 heavy (non-hydrogen) atoms. The van der Waals surface area contributed by atoms with Crippen molar-refractivity contribution in [2.75, 3.05) is 11.9 Å². The maximum Gasteiger partial charge on any atom is 0.258 e. The molecule has 0 spiro atoms. The van der Waals surface area contributed by atoms with Crippen molar-refractivity contribution in [3.63, 3.8) is 0 Å². The summed E-state index contributed by atoms with van der Waals surface area (Å²) in [6, 6.07) is 16.3. The van der Waals surface area contributed by atoms with E-state index in [1.165, 1.54) is 36.4 Å². The minimum atomic E-state index is -0.556. The average Bonchev–Trinajstić information content (AvgIpc) is 3.21. The average molecular weight is 467 g/mol. The number of aryl methyl sites for hydroxylation is 1. The SMILES string of the molecule is Cc1ccc(C(=O)NC(=NCCc2c[nH]c3ccccc23)Nc2ccc(F)c(Cl)c2)cc1F. The number of rotatable bonds is 5. The summed E-state index contributed by atoms with van der Waals surface area (Å²) in [4.78, 5) is 20.4. The summed E-state index contributed by atoms with van der Waals surface area (Å²) in [6.07, 6.45) is 2.55. The van der Waals surface area contributed by atoms with Gasteiger partial charge in [0.2, 0.25) is 5.96 Å². The molecule has 3 aromatic carbocycles. The first-order valence-electron chi connectivity index (χ1n) is 10.3. The number of halogens is 3. The van der Waals surface area contributed by atoms with Crippen LogP contribution in [0.25, 0.3) is 10.9 Å². The monoisotopic (exact) mass is 466 g/mol. The quantitative estimate of drug-likeness (QED) is 0.255. The fourth-order valence-corrected chi connectivity index (χ4v) is 3.54. The second-order valence-corrected chi connectivity index (χ2v) is 7.92. The molecule has 0 unspecified atom stereocenters. The van der Waals surface area contributed by atoms with Gasteiger partial charge in [0.25, 0.3) is 5.91 Å². The van der Waals surface area contributed by atoms with Crippen molar-refractivity contribution in [2.45, 2.75) is 13.3 Å². The number of anilines is 1. The molecule has 0 aliphatic rings. The van der Waals surface area contributed by atoms with E-state index >= 15 is 0 Å². The predicted octanol–water partition coefficient (Wildman–Crippen LogP) is 5.85. The molecule has 4 aromatic rings. The van der Waals surface area contributed by atoms with Crippen LogP contribution in [0.2, 0.25) is 5.02 Å². The van der Waals surface area contributed by atoms with Gasteiger partial charge in [0.05, 0.1) is 5.02 Å². The van der Waals surface area contributed by atoms with Gasteiger partial charge >= 0.3 is 0 Å². The van der Waals surface area contributed by atoms with Gasteiger partial charge in [-0.3, -0.25) is 15.1 Å². The zero-order valence-electron chi connectivity index (χ0n) is 17.8. The maximum atomic E-state index is 13.9. The summed E-state index contributed by atoms with van der Waals surface area (Å²) >= 11 is 5.87. The van der Waals surface area contributed by atoms with Gasteiger partial charge in [-0.15, -0.1) is 0 Å². The molecular weight excluding hydrogens is 446 g/mol. The van der Waals surface area contributed by atoms with Crippen molar-refractivity contribution in [1.82, 2.24) is 10.3 Å². The molecule has 4 rings (SSSR count). The number of aliphatic imine (C=N–C) groups is 1. The number of guanidine groups is 1. The molecule has 8 heteroatoms. The standard InChI is InChI=1S/C25H21ClF2N4O/c1-15-6-7-16(12-22(15)28)24(33)32-25(31-18-8-9-21(27)20(26)13-18)29-11-10-17-14-30-23-5-3-2-4-19(17)23/h2-9,12-14,30H,10-11H2,1H3,(H2,29,31,32,33). The van der Waals surface area contributed by atoms with Gasteiger partial charge in [0.1, 0.15) is 11.6 Å². The Morgan fingerprint density at radius 3 is 2.67 bits per heavy atom. The largest absolute Gasteiger partial charge is 0.361 e. The highest BCUT2D eigenvalue weighted by atomic mass is 35.5. The van der Waals surface area contributed by atoms with E-state index < -0.39 is 17.5 Å².